The lowest BCUT2D eigenvalue weighted by molar-refractivity contribution is 0.114. The Balaban J connectivity index is 1.61. The highest BCUT2D eigenvalue weighted by molar-refractivity contribution is 7.89. The maximum atomic E-state index is 12.3. The van der Waals surface area contributed by atoms with Crippen LogP contribution in [0.4, 0.5) is 0 Å². The number of hydrogen-bond donors (Lipinski definition) is 3. The van der Waals surface area contributed by atoms with Crippen LogP contribution in [0.3, 0.4) is 0 Å². The quantitative estimate of drug-likeness (QED) is 0.664. The number of nitrogens with one attached hydrogen (secondary N) is 3. The third-order valence-electron chi connectivity index (χ3n) is 3.63. The standard InChI is InChI=1S/C12H20N4O3S/c17-20(18,15-8-11-2-1-5-19-11)12-9(7-14-16-12)6-13-10-3-4-10/h7,10-11,13,15H,1-6,8H2,(H,14,16). The van der Waals surface area contributed by atoms with Gasteiger partial charge in [-0.3, -0.25) is 5.10 Å². The van der Waals surface area contributed by atoms with Gasteiger partial charge in [0.25, 0.3) is 10.0 Å². The van der Waals surface area contributed by atoms with Crippen molar-refractivity contribution < 1.29 is 13.2 Å². The molecule has 3 N–H and O–H groups in total. The Bertz CT molecular complexity index is 547. The van der Waals surface area contributed by atoms with E-state index in [1.165, 1.54) is 0 Å². The van der Waals surface area contributed by atoms with Crippen molar-refractivity contribution in [2.45, 2.75) is 49.4 Å². The predicted molar refractivity (Wildman–Crippen MR) is 72.6 cm³/mol. The van der Waals surface area contributed by atoms with Gasteiger partial charge in [0, 0.05) is 31.3 Å². The molecule has 1 aliphatic carbocycles. The van der Waals surface area contributed by atoms with Crippen LogP contribution in [0.15, 0.2) is 11.2 Å². The normalized spacial score (nSPS) is 23.3. The van der Waals surface area contributed by atoms with Gasteiger partial charge in [0.05, 0.1) is 12.3 Å². The molecule has 1 unspecified atom stereocenters. The van der Waals surface area contributed by atoms with Crippen molar-refractivity contribution >= 4 is 10.0 Å². The molecule has 7 nitrogen and oxygen atoms in total. The van der Waals surface area contributed by atoms with E-state index in [1.54, 1.807) is 6.20 Å². The van der Waals surface area contributed by atoms with Gasteiger partial charge < -0.3 is 10.1 Å². The van der Waals surface area contributed by atoms with Gasteiger partial charge in [-0.15, -0.1) is 0 Å². The van der Waals surface area contributed by atoms with Crippen LogP contribution < -0.4 is 10.0 Å². The second-order valence-electron chi connectivity index (χ2n) is 5.37. The second-order valence-corrected chi connectivity index (χ2v) is 7.07. The van der Waals surface area contributed by atoms with Gasteiger partial charge in [-0.05, 0) is 25.7 Å². The molecule has 8 heteroatoms. The van der Waals surface area contributed by atoms with Gasteiger partial charge in [-0.2, -0.15) is 5.10 Å². The van der Waals surface area contributed by atoms with Crippen LogP contribution in [0.25, 0.3) is 0 Å². The van der Waals surface area contributed by atoms with Gasteiger partial charge in [0.2, 0.25) is 0 Å². The molecule has 0 aromatic carbocycles. The van der Waals surface area contributed by atoms with Crippen LogP contribution in [0.2, 0.25) is 0 Å². The number of ether oxygens (including phenoxy) is 1. The van der Waals surface area contributed by atoms with Crippen LogP contribution in [-0.2, 0) is 21.3 Å². The van der Waals surface area contributed by atoms with Crippen molar-refractivity contribution in [2.75, 3.05) is 13.2 Å². The summed E-state index contributed by atoms with van der Waals surface area (Å²) in [5, 5.41) is 9.88. The Kier molecular flexibility index (Phi) is 4.06. The minimum absolute atomic E-state index is 0.0132. The Labute approximate surface area is 118 Å². The molecule has 112 valence electrons. The zero-order valence-corrected chi connectivity index (χ0v) is 12.1. The molecule has 0 radical (unpaired) electrons. The topological polar surface area (TPSA) is 96.1 Å². The zero-order valence-electron chi connectivity index (χ0n) is 11.3. The van der Waals surface area contributed by atoms with E-state index < -0.39 is 10.0 Å². The molecule has 1 aromatic rings. The van der Waals surface area contributed by atoms with Gasteiger partial charge >= 0.3 is 0 Å². The van der Waals surface area contributed by atoms with Crippen LogP contribution in [0.5, 0.6) is 0 Å². The van der Waals surface area contributed by atoms with Crippen molar-refractivity contribution in [3.63, 3.8) is 0 Å². The van der Waals surface area contributed by atoms with E-state index in [1.807, 2.05) is 0 Å². The van der Waals surface area contributed by atoms with Gasteiger partial charge in [-0.1, -0.05) is 0 Å². The van der Waals surface area contributed by atoms with E-state index in [0.717, 1.165) is 25.7 Å². The van der Waals surface area contributed by atoms with Crippen LogP contribution in [0, 0.1) is 0 Å². The first kappa shape index (κ1) is 14.0. The molecule has 2 fully saturated rings. The van der Waals surface area contributed by atoms with Crippen molar-refractivity contribution in [3.05, 3.63) is 11.8 Å². The first-order valence-corrected chi connectivity index (χ1v) is 8.50. The van der Waals surface area contributed by atoms with Gasteiger partial charge in [0.15, 0.2) is 5.03 Å². The molecule has 1 atom stereocenters. The number of nitrogens with zero attached hydrogens (tertiary/aromatic N) is 1. The van der Waals surface area contributed by atoms with Gasteiger partial charge in [-0.25, -0.2) is 13.1 Å². The highest BCUT2D eigenvalue weighted by Gasteiger charge is 2.25. The number of rotatable bonds is 7. The summed E-state index contributed by atoms with van der Waals surface area (Å²) in [6.07, 6.45) is 5.78. The summed E-state index contributed by atoms with van der Waals surface area (Å²) >= 11 is 0. The minimum atomic E-state index is -3.55. The van der Waals surface area contributed by atoms with Crippen molar-refractivity contribution in [3.8, 4) is 0 Å². The first-order valence-electron chi connectivity index (χ1n) is 7.02. The molecular weight excluding hydrogens is 280 g/mol. The average Bonchev–Trinajstić information content (AvgIpc) is 2.94. The molecule has 0 amide bonds. The number of sulfonamides is 1. The summed E-state index contributed by atoms with van der Waals surface area (Å²) in [6, 6.07) is 0.528. The lowest BCUT2D eigenvalue weighted by Gasteiger charge is -2.11. The van der Waals surface area contributed by atoms with E-state index in [2.05, 4.69) is 20.2 Å². The van der Waals surface area contributed by atoms with E-state index in [9.17, 15) is 8.42 Å². The van der Waals surface area contributed by atoms with Crippen LogP contribution in [-0.4, -0.2) is 43.9 Å². The lowest BCUT2D eigenvalue weighted by Crippen LogP contribution is -2.33. The molecule has 2 aliphatic rings. The monoisotopic (exact) mass is 300 g/mol. The Morgan fingerprint density at radius 3 is 2.95 bits per heavy atom. The molecule has 0 bridgehead atoms. The molecule has 1 aliphatic heterocycles. The highest BCUT2D eigenvalue weighted by atomic mass is 32.2. The maximum Gasteiger partial charge on any atom is 0.257 e. The summed E-state index contributed by atoms with van der Waals surface area (Å²) in [5.41, 5.74) is 0.678. The summed E-state index contributed by atoms with van der Waals surface area (Å²) in [6.45, 7) is 1.56. The molecule has 1 saturated carbocycles. The fraction of sp³-hybridized carbons (Fsp3) is 0.750. The average molecular weight is 300 g/mol. The third kappa shape index (κ3) is 3.38. The summed E-state index contributed by atoms with van der Waals surface area (Å²) < 4.78 is 32.5. The van der Waals surface area contributed by atoms with E-state index >= 15 is 0 Å². The summed E-state index contributed by atoms with van der Waals surface area (Å²) in [7, 11) is -3.55. The molecule has 2 heterocycles. The molecular formula is C12H20N4O3S. The van der Waals surface area contributed by atoms with E-state index in [0.29, 0.717) is 31.3 Å². The molecule has 3 rings (SSSR count). The molecule has 20 heavy (non-hydrogen) atoms. The van der Waals surface area contributed by atoms with Crippen molar-refractivity contribution in [1.82, 2.24) is 20.2 Å². The van der Waals surface area contributed by atoms with E-state index in [-0.39, 0.29) is 11.1 Å². The van der Waals surface area contributed by atoms with Gasteiger partial charge in [0.1, 0.15) is 0 Å². The SMILES string of the molecule is O=S(=O)(NCC1CCCO1)c1[nH]ncc1CNC1CC1. The maximum absolute atomic E-state index is 12.3. The molecule has 0 spiro atoms. The highest BCUT2D eigenvalue weighted by Crippen LogP contribution is 2.20. The largest absolute Gasteiger partial charge is 0.377 e. The van der Waals surface area contributed by atoms with Crippen molar-refractivity contribution in [1.29, 1.82) is 0 Å². The smallest absolute Gasteiger partial charge is 0.257 e. The number of hydrogen-bond acceptors (Lipinski definition) is 5. The van der Waals surface area contributed by atoms with Crippen LogP contribution >= 0.6 is 0 Å². The van der Waals surface area contributed by atoms with Crippen LogP contribution in [0.1, 0.15) is 31.2 Å². The van der Waals surface area contributed by atoms with Crippen molar-refractivity contribution in [2.24, 2.45) is 0 Å². The number of aromatic nitrogens is 2. The zero-order chi connectivity index (χ0) is 14.0. The Morgan fingerprint density at radius 2 is 2.25 bits per heavy atom. The molecule has 1 aromatic heterocycles. The predicted octanol–water partition coefficient (Wildman–Crippen LogP) is 0.119. The number of H-pyrrole nitrogens is 1. The lowest BCUT2D eigenvalue weighted by atomic mass is 10.2. The Hall–Kier alpha value is -0.960. The third-order valence-corrected chi connectivity index (χ3v) is 5.07. The summed E-state index contributed by atoms with van der Waals surface area (Å²) in [5.74, 6) is 0. The molecule has 1 saturated heterocycles. The second kappa shape index (κ2) is 5.80. The first-order chi connectivity index (χ1) is 9.65. The summed E-state index contributed by atoms with van der Waals surface area (Å²) in [4.78, 5) is 0. The Morgan fingerprint density at radius 1 is 1.40 bits per heavy atom. The fourth-order valence-corrected chi connectivity index (χ4v) is 3.47. The van der Waals surface area contributed by atoms with E-state index in [4.69, 9.17) is 4.74 Å². The number of aromatic amines is 1. The fourth-order valence-electron chi connectivity index (χ4n) is 2.28. The minimum Gasteiger partial charge on any atom is -0.377 e.